The monoisotopic (exact) mass is 324 g/mol. The fraction of sp³-hybridized carbons (Fsp3) is 0.625. The minimum absolute atomic E-state index is 0.593. The molecule has 1 aromatic carbocycles. The lowest BCUT2D eigenvalue weighted by Gasteiger charge is -2.42. The molecule has 1 saturated heterocycles. The summed E-state index contributed by atoms with van der Waals surface area (Å²) in [6, 6.07) is 9.98. The third-order valence-electron chi connectivity index (χ3n) is 4.25. The molecule has 1 heterocycles. The predicted molar refractivity (Wildman–Crippen MR) is 85.3 cm³/mol. The van der Waals surface area contributed by atoms with Gasteiger partial charge in [0, 0.05) is 36.2 Å². The maximum atomic E-state index is 3.62. The summed E-state index contributed by atoms with van der Waals surface area (Å²) in [6.45, 7) is 10.3. The molecule has 1 N–H and O–H groups in total. The molecule has 1 aromatic rings. The third kappa shape index (κ3) is 4.04. The van der Waals surface area contributed by atoms with Crippen LogP contribution in [0.3, 0.4) is 0 Å². The minimum Gasteiger partial charge on any atom is -0.311 e. The van der Waals surface area contributed by atoms with E-state index in [-0.39, 0.29) is 0 Å². The van der Waals surface area contributed by atoms with E-state index < -0.39 is 0 Å². The van der Waals surface area contributed by atoms with Gasteiger partial charge in [0.2, 0.25) is 0 Å². The normalized spacial score (nSPS) is 26.3. The van der Waals surface area contributed by atoms with Crippen LogP contribution in [0.4, 0.5) is 0 Å². The zero-order valence-electron chi connectivity index (χ0n) is 12.2. The van der Waals surface area contributed by atoms with Crippen molar-refractivity contribution in [2.45, 2.75) is 45.8 Å². The largest absolute Gasteiger partial charge is 0.311 e. The quantitative estimate of drug-likeness (QED) is 0.909. The van der Waals surface area contributed by atoms with Gasteiger partial charge >= 0.3 is 0 Å². The zero-order valence-corrected chi connectivity index (χ0v) is 13.8. The van der Waals surface area contributed by atoms with Crippen LogP contribution in [-0.2, 0) is 6.54 Å². The van der Waals surface area contributed by atoms with Gasteiger partial charge in [0.25, 0.3) is 0 Å². The fourth-order valence-electron chi connectivity index (χ4n) is 2.84. The Morgan fingerprint density at radius 2 is 2.05 bits per heavy atom. The summed E-state index contributed by atoms with van der Waals surface area (Å²) in [5.41, 5.74) is 1.41. The van der Waals surface area contributed by atoms with Crippen molar-refractivity contribution in [1.82, 2.24) is 10.2 Å². The molecule has 106 valence electrons. The maximum absolute atomic E-state index is 3.62. The molecule has 0 saturated carbocycles. The van der Waals surface area contributed by atoms with Crippen LogP contribution in [0.5, 0.6) is 0 Å². The van der Waals surface area contributed by atoms with Crippen molar-refractivity contribution in [3.63, 3.8) is 0 Å². The van der Waals surface area contributed by atoms with E-state index in [0.29, 0.717) is 12.1 Å². The summed E-state index contributed by atoms with van der Waals surface area (Å²) in [6.07, 6.45) is 1.25. The van der Waals surface area contributed by atoms with Crippen molar-refractivity contribution in [3.05, 3.63) is 34.3 Å². The Morgan fingerprint density at radius 3 is 2.68 bits per heavy atom. The molecule has 2 rings (SSSR count). The first-order valence-corrected chi connectivity index (χ1v) is 8.11. The Bertz CT molecular complexity index is 390. The van der Waals surface area contributed by atoms with Crippen molar-refractivity contribution in [2.24, 2.45) is 5.92 Å². The third-order valence-corrected chi connectivity index (χ3v) is 4.78. The SMILES string of the molecule is CCC(C)C1CNC(C)CN1Cc1ccc(Br)cc1. The number of nitrogens with one attached hydrogen (secondary N) is 1. The van der Waals surface area contributed by atoms with Crippen LogP contribution in [0.15, 0.2) is 28.7 Å². The summed E-state index contributed by atoms with van der Waals surface area (Å²) in [4.78, 5) is 2.65. The minimum atomic E-state index is 0.593. The molecular formula is C16H25BrN2. The molecular weight excluding hydrogens is 300 g/mol. The lowest BCUT2D eigenvalue weighted by molar-refractivity contribution is 0.0885. The van der Waals surface area contributed by atoms with Crippen molar-refractivity contribution in [2.75, 3.05) is 13.1 Å². The van der Waals surface area contributed by atoms with E-state index in [9.17, 15) is 0 Å². The number of halogens is 1. The van der Waals surface area contributed by atoms with Gasteiger partial charge in [-0.15, -0.1) is 0 Å². The summed E-state index contributed by atoms with van der Waals surface area (Å²) < 4.78 is 1.16. The molecule has 3 atom stereocenters. The van der Waals surface area contributed by atoms with Gasteiger partial charge in [0.05, 0.1) is 0 Å². The number of hydrogen-bond donors (Lipinski definition) is 1. The second kappa shape index (κ2) is 6.87. The number of benzene rings is 1. The molecule has 2 nitrogen and oxygen atoms in total. The van der Waals surface area contributed by atoms with Gasteiger partial charge in [-0.25, -0.2) is 0 Å². The molecule has 0 aromatic heterocycles. The van der Waals surface area contributed by atoms with Gasteiger partial charge in [-0.2, -0.15) is 0 Å². The van der Waals surface area contributed by atoms with Crippen LogP contribution in [0, 0.1) is 5.92 Å². The summed E-state index contributed by atoms with van der Waals surface area (Å²) in [5.74, 6) is 0.746. The first-order valence-electron chi connectivity index (χ1n) is 7.32. The van der Waals surface area contributed by atoms with Crippen molar-refractivity contribution in [1.29, 1.82) is 0 Å². The van der Waals surface area contributed by atoms with Gasteiger partial charge in [-0.3, -0.25) is 4.90 Å². The highest BCUT2D eigenvalue weighted by Crippen LogP contribution is 2.21. The highest BCUT2D eigenvalue weighted by molar-refractivity contribution is 9.10. The molecule has 1 aliphatic rings. The number of rotatable bonds is 4. The van der Waals surface area contributed by atoms with Crippen LogP contribution in [-0.4, -0.2) is 30.1 Å². The molecule has 3 heteroatoms. The summed E-state index contributed by atoms with van der Waals surface area (Å²) >= 11 is 3.50. The molecule has 1 fully saturated rings. The first kappa shape index (κ1) is 15.0. The van der Waals surface area contributed by atoms with Gasteiger partial charge in [-0.1, -0.05) is 48.3 Å². The molecule has 0 spiro atoms. The van der Waals surface area contributed by atoms with Crippen LogP contribution >= 0.6 is 15.9 Å². The number of nitrogens with zero attached hydrogens (tertiary/aromatic N) is 1. The summed E-state index contributed by atoms with van der Waals surface area (Å²) in [5, 5.41) is 3.62. The zero-order chi connectivity index (χ0) is 13.8. The second-order valence-electron chi connectivity index (χ2n) is 5.82. The number of piperazine rings is 1. The molecule has 1 aliphatic heterocycles. The van der Waals surface area contributed by atoms with Crippen LogP contribution in [0.1, 0.15) is 32.8 Å². The lowest BCUT2D eigenvalue weighted by Crippen LogP contribution is -2.57. The van der Waals surface area contributed by atoms with Crippen LogP contribution < -0.4 is 5.32 Å². The Balaban J connectivity index is 2.07. The van der Waals surface area contributed by atoms with E-state index in [1.165, 1.54) is 12.0 Å². The first-order chi connectivity index (χ1) is 9.10. The summed E-state index contributed by atoms with van der Waals surface area (Å²) in [7, 11) is 0. The van der Waals surface area contributed by atoms with E-state index in [0.717, 1.165) is 30.0 Å². The average molecular weight is 325 g/mol. The molecule has 3 unspecified atom stereocenters. The molecule has 0 radical (unpaired) electrons. The van der Waals surface area contributed by atoms with Crippen molar-refractivity contribution in [3.8, 4) is 0 Å². The molecule has 0 amide bonds. The van der Waals surface area contributed by atoms with Gasteiger partial charge < -0.3 is 5.32 Å². The smallest absolute Gasteiger partial charge is 0.0250 e. The highest BCUT2D eigenvalue weighted by Gasteiger charge is 2.28. The Kier molecular flexibility index (Phi) is 5.43. The van der Waals surface area contributed by atoms with Gasteiger partial charge in [0.15, 0.2) is 0 Å². The lowest BCUT2D eigenvalue weighted by atomic mass is 9.94. The van der Waals surface area contributed by atoms with E-state index in [1.807, 2.05) is 0 Å². The fourth-order valence-corrected chi connectivity index (χ4v) is 3.11. The Hall–Kier alpha value is -0.380. The standard InChI is InChI=1S/C16H25BrN2/c1-4-12(2)16-9-18-13(3)10-19(16)11-14-5-7-15(17)8-6-14/h5-8,12-13,16,18H,4,9-11H2,1-3H3. The number of hydrogen-bond acceptors (Lipinski definition) is 2. The van der Waals surface area contributed by atoms with Crippen molar-refractivity contribution >= 4 is 15.9 Å². The second-order valence-corrected chi connectivity index (χ2v) is 6.73. The Labute approximate surface area is 125 Å². The van der Waals surface area contributed by atoms with E-state index in [1.54, 1.807) is 0 Å². The van der Waals surface area contributed by atoms with E-state index in [2.05, 4.69) is 71.2 Å². The van der Waals surface area contributed by atoms with Crippen LogP contribution in [0.2, 0.25) is 0 Å². The topological polar surface area (TPSA) is 15.3 Å². The van der Waals surface area contributed by atoms with E-state index >= 15 is 0 Å². The maximum Gasteiger partial charge on any atom is 0.0250 e. The average Bonchev–Trinajstić information content (AvgIpc) is 2.41. The van der Waals surface area contributed by atoms with Gasteiger partial charge in [-0.05, 0) is 30.5 Å². The highest BCUT2D eigenvalue weighted by atomic mass is 79.9. The Morgan fingerprint density at radius 1 is 1.37 bits per heavy atom. The van der Waals surface area contributed by atoms with E-state index in [4.69, 9.17) is 0 Å². The predicted octanol–water partition coefficient (Wildman–Crippen LogP) is 3.66. The van der Waals surface area contributed by atoms with Crippen LogP contribution in [0.25, 0.3) is 0 Å². The molecule has 19 heavy (non-hydrogen) atoms. The molecule has 0 aliphatic carbocycles. The van der Waals surface area contributed by atoms with Gasteiger partial charge in [0.1, 0.15) is 0 Å². The molecule has 0 bridgehead atoms. The van der Waals surface area contributed by atoms with Crippen molar-refractivity contribution < 1.29 is 0 Å².